The van der Waals surface area contributed by atoms with Crippen molar-refractivity contribution in [2.75, 3.05) is 0 Å². The number of rotatable bonds is 10. The molecule has 192 valence electrons. The molecule has 0 saturated carbocycles. The molecule has 3 aromatic heterocycles. The van der Waals surface area contributed by atoms with E-state index in [0.29, 0.717) is 23.8 Å². The number of H-pyrrole nitrogens is 1. The Morgan fingerprint density at radius 1 is 1.19 bits per heavy atom. The van der Waals surface area contributed by atoms with Crippen LogP contribution >= 0.6 is 11.6 Å². The summed E-state index contributed by atoms with van der Waals surface area (Å²) >= 11 is 6.60. The van der Waals surface area contributed by atoms with Gasteiger partial charge in [0.1, 0.15) is 5.82 Å². The standard InChI is InChI=1S/C27H31ClN8O/c1-3-5-9-22-18-35(25-23(28)10-16-34(25)15-4-2)26(37)36(22)19-27(11-13-29-14-12-27)21-8-6-7-20(17-21)24-30-32-33-31-24/h6-8,10-11,13-14,16-18H,3-5,9,12,15,19H2,1-2H3,(H,30,31,32,33). The summed E-state index contributed by atoms with van der Waals surface area (Å²) < 4.78 is 5.68. The highest BCUT2D eigenvalue weighted by Crippen LogP contribution is 2.35. The van der Waals surface area contributed by atoms with Crippen LogP contribution in [0.4, 0.5) is 0 Å². The van der Waals surface area contributed by atoms with Gasteiger partial charge in [-0.25, -0.2) is 4.79 Å². The number of benzene rings is 1. The molecule has 0 aliphatic carbocycles. The molecule has 1 N–H and O–H groups in total. The van der Waals surface area contributed by atoms with Crippen LogP contribution in [-0.2, 0) is 24.9 Å². The first-order valence-corrected chi connectivity index (χ1v) is 13.1. The predicted molar refractivity (Wildman–Crippen MR) is 145 cm³/mol. The number of hydrogen-bond acceptors (Lipinski definition) is 5. The summed E-state index contributed by atoms with van der Waals surface area (Å²) in [7, 11) is 0. The van der Waals surface area contributed by atoms with E-state index in [9.17, 15) is 4.79 Å². The Labute approximate surface area is 220 Å². The summed E-state index contributed by atoms with van der Waals surface area (Å²) in [5.74, 6) is 1.25. The fourth-order valence-corrected chi connectivity index (χ4v) is 5.26. The van der Waals surface area contributed by atoms with Gasteiger partial charge >= 0.3 is 5.69 Å². The number of aryl methyl sites for hydroxylation is 2. The van der Waals surface area contributed by atoms with Gasteiger partial charge in [0.05, 0.1) is 5.02 Å². The summed E-state index contributed by atoms with van der Waals surface area (Å²) in [6.07, 6.45) is 14.2. The van der Waals surface area contributed by atoms with E-state index in [-0.39, 0.29) is 5.69 Å². The SMILES string of the molecule is CCCCc1cn(-c2c(Cl)ccn2CCC)c(=O)n1CC1(c2cccc(-c3nn[nH]n3)c2)C=CN=CC1. The van der Waals surface area contributed by atoms with Crippen molar-refractivity contribution in [3.8, 4) is 17.2 Å². The van der Waals surface area contributed by atoms with Crippen molar-refractivity contribution in [1.82, 2.24) is 34.3 Å². The Kier molecular flexibility index (Phi) is 7.23. The molecule has 0 radical (unpaired) electrons. The van der Waals surface area contributed by atoms with Crippen LogP contribution in [0.5, 0.6) is 0 Å². The van der Waals surface area contributed by atoms with Gasteiger partial charge < -0.3 is 4.57 Å². The van der Waals surface area contributed by atoms with Gasteiger partial charge in [0, 0.05) is 54.6 Å². The molecule has 1 unspecified atom stereocenters. The molecular formula is C27H31ClN8O. The van der Waals surface area contributed by atoms with E-state index >= 15 is 0 Å². The number of tetrazole rings is 1. The summed E-state index contributed by atoms with van der Waals surface area (Å²) in [6.45, 7) is 5.54. The quantitative estimate of drug-likeness (QED) is 0.321. The second-order valence-corrected chi connectivity index (χ2v) is 9.87. The number of aliphatic imine (C=N–C) groups is 1. The molecule has 0 amide bonds. The molecule has 9 nitrogen and oxygen atoms in total. The average molecular weight is 519 g/mol. The normalized spacial score (nSPS) is 17.1. The molecule has 4 heterocycles. The molecule has 37 heavy (non-hydrogen) atoms. The number of aromatic nitrogens is 7. The molecule has 0 saturated heterocycles. The van der Waals surface area contributed by atoms with Crippen molar-refractivity contribution < 1.29 is 0 Å². The zero-order valence-electron chi connectivity index (χ0n) is 21.1. The molecule has 10 heteroatoms. The lowest BCUT2D eigenvalue weighted by molar-refractivity contribution is 0.438. The Hall–Kier alpha value is -3.72. The van der Waals surface area contributed by atoms with Crippen LogP contribution in [0.1, 0.15) is 50.8 Å². The average Bonchev–Trinajstić information content (AvgIpc) is 3.65. The largest absolute Gasteiger partial charge is 0.334 e. The van der Waals surface area contributed by atoms with Gasteiger partial charge in [-0.2, -0.15) is 5.21 Å². The van der Waals surface area contributed by atoms with Crippen molar-refractivity contribution >= 4 is 17.8 Å². The second-order valence-electron chi connectivity index (χ2n) is 9.47. The van der Waals surface area contributed by atoms with Crippen molar-refractivity contribution in [3.63, 3.8) is 0 Å². The zero-order valence-corrected chi connectivity index (χ0v) is 21.9. The number of imidazole rings is 1. The highest BCUT2D eigenvalue weighted by molar-refractivity contribution is 6.32. The smallest absolute Gasteiger partial charge is 0.333 e. The van der Waals surface area contributed by atoms with Crippen molar-refractivity contribution in [1.29, 1.82) is 0 Å². The predicted octanol–water partition coefficient (Wildman–Crippen LogP) is 4.95. The zero-order chi connectivity index (χ0) is 25.8. The van der Waals surface area contributed by atoms with E-state index in [4.69, 9.17) is 11.6 Å². The fraction of sp³-hybridized carbons (Fsp3) is 0.370. The van der Waals surface area contributed by atoms with Crippen LogP contribution in [0.2, 0.25) is 5.02 Å². The van der Waals surface area contributed by atoms with Crippen molar-refractivity contribution in [3.05, 3.63) is 81.8 Å². The van der Waals surface area contributed by atoms with Crippen LogP contribution < -0.4 is 5.69 Å². The Bertz CT molecular complexity index is 1480. The first kappa shape index (κ1) is 25.0. The number of allylic oxidation sites excluding steroid dienone is 1. The minimum Gasteiger partial charge on any atom is -0.333 e. The van der Waals surface area contributed by atoms with Gasteiger partial charge in [-0.3, -0.25) is 14.1 Å². The van der Waals surface area contributed by atoms with Crippen molar-refractivity contribution in [2.45, 2.75) is 64.5 Å². The molecule has 0 spiro atoms. The van der Waals surface area contributed by atoms with Crippen LogP contribution in [0.15, 0.2) is 64.8 Å². The second kappa shape index (κ2) is 10.7. The van der Waals surface area contributed by atoms with E-state index < -0.39 is 5.41 Å². The Morgan fingerprint density at radius 3 is 2.81 bits per heavy atom. The van der Waals surface area contributed by atoms with Gasteiger partial charge in [-0.15, -0.1) is 10.2 Å². The van der Waals surface area contributed by atoms with E-state index in [2.05, 4.69) is 62.2 Å². The van der Waals surface area contributed by atoms with E-state index in [0.717, 1.165) is 54.9 Å². The van der Waals surface area contributed by atoms with Crippen LogP contribution in [0.3, 0.4) is 0 Å². The summed E-state index contributed by atoms with van der Waals surface area (Å²) in [5.41, 5.74) is 2.37. The molecule has 5 rings (SSSR count). The van der Waals surface area contributed by atoms with Gasteiger partial charge in [-0.05, 0) is 48.6 Å². The first-order chi connectivity index (χ1) is 18.1. The lowest BCUT2D eigenvalue weighted by atomic mass is 9.76. The number of nitrogens with one attached hydrogen (secondary N) is 1. The Balaban J connectivity index is 1.62. The first-order valence-electron chi connectivity index (χ1n) is 12.8. The molecule has 0 bridgehead atoms. The number of aromatic amines is 1. The maximum atomic E-state index is 14.0. The summed E-state index contributed by atoms with van der Waals surface area (Å²) in [5, 5.41) is 15.1. The number of halogens is 1. The third-order valence-electron chi connectivity index (χ3n) is 6.95. The van der Waals surface area contributed by atoms with E-state index in [1.807, 2.05) is 47.6 Å². The van der Waals surface area contributed by atoms with E-state index in [1.54, 1.807) is 4.57 Å². The molecule has 1 aliphatic rings. The third kappa shape index (κ3) is 4.83. The lowest BCUT2D eigenvalue weighted by Gasteiger charge is -2.32. The highest BCUT2D eigenvalue weighted by Gasteiger charge is 2.33. The van der Waals surface area contributed by atoms with Gasteiger partial charge in [-0.1, -0.05) is 56.1 Å². The van der Waals surface area contributed by atoms with Gasteiger partial charge in [0.25, 0.3) is 0 Å². The molecule has 0 fully saturated rings. The fourth-order valence-electron chi connectivity index (χ4n) is 5.00. The third-order valence-corrected chi connectivity index (χ3v) is 7.24. The topological polar surface area (TPSA) is 98.7 Å². The molecule has 1 aromatic carbocycles. The van der Waals surface area contributed by atoms with Gasteiger partial charge in [0.15, 0.2) is 0 Å². The number of hydrogen-bond donors (Lipinski definition) is 1. The summed E-state index contributed by atoms with van der Waals surface area (Å²) in [6, 6.07) is 9.97. The maximum absolute atomic E-state index is 14.0. The van der Waals surface area contributed by atoms with Crippen LogP contribution in [0, 0.1) is 0 Å². The summed E-state index contributed by atoms with van der Waals surface area (Å²) in [4.78, 5) is 18.4. The molecule has 1 aliphatic heterocycles. The number of unbranched alkanes of at least 4 members (excludes halogenated alkanes) is 1. The van der Waals surface area contributed by atoms with Gasteiger partial charge in [0.2, 0.25) is 5.82 Å². The van der Waals surface area contributed by atoms with E-state index in [1.165, 1.54) is 0 Å². The Morgan fingerprint density at radius 2 is 2.08 bits per heavy atom. The molecule has 1 atom stereocenters. The lowest BCUT2D eigenvalue weighted by Crippen LogP contribution is -2.37. The highest BCUT2D eigenvalue weighted by atomic mass is 35.5. The monoisotopic (exact) mass is 518 g/mol. The molecule has 4 aromatic rings. The van der Waals surface area contributed by atoms with Crippen molar-refractivity contribution in [2.24, 2.45) is 4.99 Å². The van der Waals surface area contributed by atoms with Crippen LogP contribution in [0.25, 0.3) is 17.2 Å². The molecular weight excluding hydrogens is 488 g/mol. The maximum Gasteiger partial charge on any atom is 0.334 e. The number of nitrogens with zero attached hydrogens (tertiary/aromatic N) is 7. The minimum absolute atomic E-state index is 0.0892. The van der Waals surface area contributed by atoms with Crippen LogP contribution in [-0.4, -0.2) is 40.5 Å². The minimum atomic E-state index is -0.465.